The molecule has 0 bridgehead atoms. The highest BCUT2D eigenvalue weighted by Gasteiger charge is 2.29. The van der Waals surface area contributed by atoms with Crippen LogP contribution in [0.15, 0.2) is 48.5 Å². The van der Waals surface area contributed by atoms with E-state index in [9.17, 15) is 14.4 Å². The number of aldehydes is 1. The number of ether oxygens (including phenoxy) is 4. The predicted octanol–water partition coefficient (Wildman–Crippen LogP) is 3.58. The third-order valence-corrected chi connectivity index (χ3v) is 4.50. The summed E-state index contributed by atoms with van der Waals surface area (Å²) in [5.41, 5.74) is 1.99. The Kier molecular flexibility index (Phi) is 6.97. The maximum absolute atomic E-state index is 12.1. The highest BCUT2D eigenvalue weighted by Crippen LogP contribution is 2.31. The summed E-state index contributed by atoms with van der Waals surface area (Å²) in [6, 6.07) is 12.9. The van der Waals surface area contributed by atoms with Gasteiger partial charge in [-0.05, 0) is 24.3 Å². The van der Waals surface area contributed by atoms with Gasteiger partial charge in [-0.25, -0.2) is 9.59 Å². The third kappa shape index (κ3) is 5.75. The van der Waals surface area contributed by atoms with Gasteiger partial charge in [0.2, 0.25) is 0 Å². The van der Waals surface area contributed by atoms with Crippen molar-refractivity contribution in [3.8, 4) is 0 Å². The van der Waals surface area contributed by atoms with Crippen LogP contribution in [-0.2, 0) is 18.9 Å². The van der Waals surface area contributed by atoms with E-state index in [-0.39, 0.29) is 18.6 Å². The monoisotopic (exact) mass is 412 g/mol. The van der Waals surface area contributed by atoms with Crippen LogP contribution in [-0.4, -0.2) is 44.7 Å². The first-order chi connectivity index (χ1) is 14.4. The molecular formula is C23H24O7. The molecule has 0 amide bonds. The Balaban J connectivity index is 1.42. The fourth-order valence-electron chi connectivity index (χ4n) is 2.79. The van der Waals surface area contributed by atoms with Gasteiger partial charge >= 0.3 is 11.9 Å². The summed E-state index contributed by atoms with van der Waals surface area (Å²) in [5.74, 6) is -1.07. The summed E-state index contributed by atoms with van der Waals surface area (Å²) in [6.07, 6.45) is 0.250. The summed E-state index contributed by atoms with van der Waals surface area (Å²) in [4.78, 5) is 34.7. The number of carbonyl (C=O) groups is 3. The van der Waals surface area contributed by atoms with Crippen molar-refractivity contribution in [3.63, 3.8) is 0 Å². The van der Waals surface area contributed by atoms with Crippen LogP contribution in [0.25, 0.3) is 0 Å². The van der Waals surface area contributed by atoms with Crippen molar-refractivity contribution in [1.82, 2.24) is 0 Å². The van der Waals surface area contributed by atoms with Crippen molar-refractivity contribution in [2.24, 2.45) is 5.41 Å². The molecule has 1 aliphatic rings. The Morgan fingerprint density at radius 2 is 1.37 bits per heavy atom. The Morgan fingerprint density at radius 3 is 1.83 bits per heavy atom. The zero-order chi connectivity index (χ0) is 21.6. The Bertz CT molecular complexity index is 875. The molecule has 30 heavy (non-hydrogen) atoms. The van der Waals surface area contributed by atoms with E-state index >= 15 is 0 Å². The van der Waals surface area contributed by atoms with Gasteiger partial charge in [0.05, 0.1) is 24.3 Å². The van der Waals surface area contributed by atoms with E-state index in [1.165, 1.54) is 24.3 Å². The quantitative estimate of drug-likeness (QED) is 0.390. The smallest absolute Gasteiger partial charge is 0.338 e. The van der Waals surface area contributed by atoms with Gasteiger partial charge in [0.1, 0.15) is 19.5 Å². The van der Waals surface area contributed by atoms with E-state index in [1.54, 1.807) is 24.3 Å². The molecule has 0 unspecified atom stereocenters. The molecule has 1 aliphatic heterocycles. The van der Waals surface area contributed by atoms with Crippen LogP contribution in [0.4, 0.5) is 0 Å². The van der Waals surface area contributed by atoms with Crippen molar-refractivity contribution >= 4 is 18.2 Å². The molecule has 0 aliphatic carbocycles. The second kappa shape index (κ2) is 9.65. The molecule has 0 spiro atoms. The lowest BCUT2D eigenvalue weighted by Crippen LogP contribution is -2.33. The van der Waals surface area contributed by atoms with Gasteiger partial charge in [0, 0.05) is 16.5 Å². The summed E-state index contributed by atoms with van der Waals surface area (Å²) < 4.78 is 21.7. The van der Waals surface area contributed by atoms with Crippen molar-refractivity contribution in [3.05, 3.63) is 70.8 Å². The van der Waals surface area contributed by atoms with Crippen molar-refractivity contribution in [1.29, 1.82) is 0 Å². The van der Waals surface area contributed by atoms with Gasteiger partial charge in [0.15, 0.2) is 6.29 Å². The molecule has 158 valence electrons. The Labute approximate surface area is 174 Å². The predicted molar refractivity (Wildman–Crippen MR) is 107 cm³/mol. The first kappa shape index (κ1) is 21.7. The highest BCUT2D eigenvalue weighted by atomic mass is 16.7. The van der Waals surface area contributed by atoms with Crippen LogP contribution >= 0.6 is 0 Å². The Morgan fingerprint density at radius 1 is 0.900 bits per heavy atom. The maximum atomic E-state index is 12.1. The Hall–Kier alpha value is -3.03. The fraction of sp³-hybridized carbons (Fsp3) is 0.348. The number of rotatable bonds is 7. The minimum absolute atomic E-state index is 0.0112. The minimum atomic E-state index is -0.552. The van der Waals surface area contributed by atoms with Crippen LogP contribution in [0.5, 0.6) is 0 Å². The molecule has 0 N–H and O–H groups in total. The number of hydrogen-bond acceptors (Lipinski definition) is 7. The second-order valence-corrected chi connectivity index (χ2v) is 7.75. The van der Waals surface area contributed by atoms with Crippen molar-refractivity contribution < 1.29 is 33.3 Å². The average molecular weight is 412 g/mol. The first-order valence-electron chi connectivity index (χ1n) is 9.61. The molecule has 1 saturated heterocycles. The largest absolute Gasteiger partial charge is 0.458 e. The van der Waals surface area contributed by atoms with Crippen LogP contribution in [0.2, 0.25) is 0 Å². The molecule has 0 aromatic heterocycles. The lowest BCUT2D eigenvalue weighted by atomic mass is 9.95. The number of carbonyl (C=O) groups excluding carboxylic acids is 3. The van der Waals surface area contributed by atoms with Crippen LogP contribution in [0, 0.1) is 5.41 Å². The maximum Gasteiger partial charge on any atom is 0.338 e. The van der Waals surface area contributed by atoms with E-state index in [4.69, 9.17) is 18.9 Å². The third-order valence-electron chi connectivity index (χ3n) is 4.50. The molecular weight excluding hydrogens is 388 g/mol. The SMILES string of the molecule is CC1(C)COC(c2ccc(C(=O)OCCOC(=O)c3ccc(C=O)cc3)cc2)OC1. The molecule has 7 heteroatoms. The molecule has 3 rings (SSSR count). The normalized spacial score (nSPS) is 15.9. The molecule has 2 aromatic rings. The topological polar surface area (TPSA) is 88.1 Å². The van der Waals surface area contributed by atoms with Crippen LogP contribution in [0.1, 0.15) is 56.8 Å². The van der Waals surface area contributed by atoms with Crippen LogP contribution < -0.4 is 0 Å². The van der Waals surface area contributed by atoms with Gasteiger partial charge in [-0.2, -0.15) is 0 Å². The number of benzene rings is 2. The average Bonchev–Trinajstić information content (AvgIpc) is 2.76. The molecule has 0 atom stereocenters. The fourth-order valence-corrected chi connectivity index (χ4v) is 2.79. The summed E-state index contributed by atoms with van der Waals surface area (Å²) in [5, 5.41) is 0. The van der Waals surface area contributed by atoms with E-state index in [0.717, 1.165) is 5.56 Å². The van der Waals surface area contributed by atoms with Gasteiger partial charge in [-0.3, -0.25) is 4.79 Å². The molecule has 2 aromatic carbocycles. The van der Waals surface area contributed by atoms with E-state index in [1.807, 2.05) is 0 Å². The molecule has 1 fully saturated rings. The number of esters is 2. The van der Waals surface area contributed by atoms with Gasteiger partial charge in [-0.15, -0.1) is 0 Å². The first-order valence-corrected chi connectivity index (χ1v) is 9.61. The molecule has 7 nitrogen and oxygen atoms in total. The minimum Gasteiger partial charge on any atom is -0.458 e. The lowest BCUT2D eigenvalue weighted by Gasteiger charge is -2.34. The summed E-state index contributed by atoms with van der Waals surface area (Å²) in [7, 11) is 0. The molecule has 0 radical (unpaired) electrons. The van der Waals surface area contributed by atoms with E-state index in [0.29, 0.717) is 36.2 Å². The van der Waals surface area contributed by atoms with E-state index < -0.39 is 18.2 Å². The second-order valence-electron chi connectivity index (χ2n) is 7.75. The van der Waals surface area contributed by atoms with Crippen molar-refractivity contribution in [2.45, 2.75) is 20.1 Å². The zero-order valence-electron chi connectivity index (χ0n) is 17.0. The lowest BCUT2D eigenvalue weighted by molar-refractivity contribution is -0.226. The van der Waals surface area contributed by atoms with Crippen LogP contribution in [0.3, 0.4) is 0 Å². The number of hydrogen-bond donors (Lipinski definition) is 0. The summed E-state index contributed by atoms with van der Waals surface area (Å²) in [6.45, 7) is 5.20. The standard InChI is InChI=1S/C23H24O7/c1-23(2)14-29-22(30-15-23)19-9-7-18(8-10-19)21(26)28-12-11-27-20(25)17-5-3-16(13-24)4-6-17/h3-10,13,22H,11-12,14-15H2,1-2H3. The van der Waals surface area contributed by atoms with Gasteiger partial charge in [0.25, 0.3) is 0 Å². The summed E-state index contributed by atoms with van der Waals surface area (Å²) >= 11 is 0. The molecule has 0 saturated carbocycles. The van der Waals surface area contributed by atoms with E-state index in [2.05, 4.69) is 13.8 Å². The van der Waals surface area contributed by atoms with Crippen molar-refractivity contribution in [2.75, 3.05) is 26.4 Å². The highest BCUT2D eigenvalue weighted by molar-refractivity contribution is 5.90. The molecule has 1 heterocycles. The zero-order valence-corrected chi connectivity index (χ0v) is 17.0. The van der Waals surface area contributed by atoms with Gasteiger partial charge in [-0.1, -0.05) is 38.1 Å². The van der Waals surface area contributed by atoms with Gasteiger partial charge < -0.3 is 18.9 Å².